The zero-order chi connectivity index (χ0) is 28.9. The van der Waals surface area contributed by atoms with E-state index in [-0.39, 0.29) is 22.7 Å². The average molecular weight is 610 g/mol. The second-order valence-corrected chi connectivity index (χ2v) is 9.88. The Morgan fingerprint density at radius 1 is 0.921 bits per heavy atom. The third-order valence-corrected chi connectivity index (χ3v) is 5.15. The molecule has 3 rings (SSSR count). The molecule has 14 heteroatoms. The molecule has 3 aromatic heterocycles. The van der Waals surface area contributed by atoms with E-state index in [1.807, 2.05) is 13.8 Å². The van der Waals surface area contributed by atoms with Crippen LogP contribution in [0.4, 0.5) is 26.3 Å². The van der Waals surface area contributed by atoms with Crippen molar-refractivity contribution in [3.8, 4) is 22.9 Å². The van der Waals surface area contributed by atoms with Crippen LogP contribution in [0.3, 0.4) is 0 Å². The van der Waals surface area contributed by atoms with Crippen molar-refractivity contribution in [3.05, 3.63) is 58.3 Å². The second kappa shape index (κ2) is 12.2. The van der Waals surface area contributed by atoms with Gasteiger partial charge in [0.15, 0.2) is 11.4 Å². The zero-order valence-electron chi connectivity index (χ0n) is 20.8. The maximum atomic E-state index is 13.4. The Balaban J connectivity index is 0.000000352. The molecule has 3 aromatic rings. The van der Waals surface area contributed by atoms with Gasteiger partial charge in [-0.15, -0.1) is 0 Å². The lowest BCUT2D eigenvalue weighted by atomic mass is 9.93. The summed E-state index contributed by atoms with van der Waals surface area (Å²) in [6.07, 6.45) is -7.17. The molecule has 0 spiro atoms. The summed E-state index contributed by atoms with van der Waals surface area (Å²) in [5, 5.41) is 8.77. The van der Waals surface area contributed by atoms with Crippen molar-refractivity contribution in [1.82, 2.24) is 19.9 Å². The number of pyridine rings is 2. The van der Waals surface area contributed by atoms with Crippen molar-refractivity contribution >= 4 is 15.9 Å². The van der Waals surface area contributed by atoms with Gasteiger partial charge < -0.3 is 15.6 Å². The predicted octanol–water partition coefficient (Wildman–Crippen LogP) is 6.58. The number of nitrogens with two attached hydrogens (primary N) is 1. The van der Waals surface area contributed by atoms with Crippen molar-refractivity contribution in [3.63, 3.8) is 0 Å². The first-order valence-corrected chi connectivity index (χ1v) is 11.9. The Kier molecular flexibility index (Phi) is 10.1. The van der Waals surface area contributed by atoms with Crippen LogP contribution in [0.25, 0.3) is 11.4 Å². The van der Waals surface area contributed by atoms with E-state index in [0.29, 0.717) is 23.9 Å². The topological polar surface area (TPSA) is 107 Å². The molecule has 3 heterocycles. The van der Waals surface area contributed by atoms with Gasteiger partial charge in [0.05, 0.1) is 11.4 Å². The van der Waals surface area contributed by atoms with E-state index < -0.39 is 35.0 Å². The molecule has 0 radical (unpaired) electrons. The number of halogens is 7. The Bertz CT molecular complexity index is 1240. The summed E-state index contributed by atoms with van der Waals surface area (Å²) in [4.78, 5) is 14.9. The highest BCUT2D eigenvalue weighted by molar-refractivity contribution is 9.10. The van der Waals surface area contributed by atoms with Crippen LogP contribution >= 0.6 is 15.9 Å². The summed E-state index contributed by atoms with van der Waals surface area (Å²) in [6, 6.07) is 6.37. The number of hydrogen-bond acceptors (Lipinski definition) is 7. The van der Waals surface area contributed by atoms with E-state index in [9.17, 15) is 26.3 Å². The molecule has 3 N–H and O–H groups in total. The fraction of sp³-hybridized carbons (Fsp3) is 0.417. The minimum absolute atomic E-state index is 0.0348. The van der Waals surface area contributed by atoms with Crippen LogP contribution in [0.15, 0.2) is 41.1 Å². The molecule has 0 saturated carbocycles. The molecule has 0 aromatic carbocycles. The van der Waals surface area contributed by atoms with Gasteiger partial charge in [0, 0.05) is 11.7 Å². The number of rotatable bonds is 6. The summed E-state index contributed by atoms with van der Waals surface area (Å²) < 4.78 is 81.7. The monoisotopic (exact) mass is 609 g/mol. The molecule has 7 nitrogen and oxygen atoms in total. The minimum atomic E-state index is -4.66. The maximum absolute atomic E-state index is 13.4. The largest absolute Gasteiger partial charge is 0.506 e. The third-order valence-electron chi connectivity index (χ3n) is 4.71. The second-order valence-electron chi connectivity index (χ2n) is 9.07. The molecular formula is C24H26BrF6N5O2. The lowest BCUT2D eigenvalue weighted by Gasteiger charge is -2.27. The number of aromatic nitrogens is 4. The summed E-state index contributed by atoms with van der Waals surface area (Å²) in [6.45, 7) is 7.36. The SMILES string of the molecule is Cc1nccc(-c2ccc(OC[C@@](C)(N)CC(C)C)c(C(F)(F)F)n2)n1.Oc1ccc(Br)nc1C(F)(F)F. The molecule has 38 heavy (non-hydrogen) atoms. The van der Waals surface area contributed by atoms with Crippen molar-refractivity contribution in [2.45, 2.75) is 52.0 Å². The molecule has 208 valence electrons. The summed E-state index contributed by atoms with van der Waals surface area (Å²) in [5.74, 6) is -0.457. The summed E-state index contributed by atoms with van der Waals surface area (Å²) in [7, 11) is 0. The number of alkyl halides is 6. The average Bonchev–Trinajstić information content (AvgIpc) is 2.77. The smallest absolute Gasteiger partial charge is 0.437 e. The first-order chi connectivity index (χ1) is 17.4. The molecule has 0 aliphatic rings. The Labute approximate surface area is 223 Å². The van der Waals surface area contributed by atoms with E-state index in [1.165, 1.54) is 30.5 Å². The molecular weight excluding hydrogens is 584 g/mol. The van der Waals surface area contributed by atoms with Gasteiger partial charge in [-0.3, -0.25) is 0 Å². The maximum Gasteiger partial charge on any atom is 0.437 e. The fourth-order valence-corrected chi connectivity index (χ4v) is 3.69. The number of hydrogen-bond donors (Lipinski definition) is 2. The molecule has 0 saturated heterocycles. The molecule has 0 bridgehead atoms. The van der Waals surface area contributed by atoms with E-state index in [1.54, 1.807) is 13.8 Å². The van der Waals surface area contributed by atoms with Crippen LogP contribution in [0, 0.1) is 12.8 Å². The number of aromatic hydroxyl groups is 1. The molecule has 0 aliphatic carbocycles. The van der Waals surface area contributed by atoms with Crippen molar-refractivity contribution in [2.24, 2.45) is 11.7 Å². The van der Waals surface area contributed by atoms with Crippen LogP contribution in [-0.2, 0) is 12.4 Å². The standard InChI is InChI=1S/C18H23F3N4O.C6H3BrF3NO/c1-11(2)9-17(4,22)10-26-15-6-5-13(25-16(15)18(19,20)21)14-7-8-23-12(3)24-14;7-4-2-1-3(12)5(11-4)6(8,9)10/h5-8,11H,9-10,22H2,1-4H3;1-2,12H/t17-;/m0./s1. The molecule has 0 unspecified atom stereocenters. The van der Waals surface area contributed by atoms with Gasteiger partial charge in [-0.05, 0) is 72.4 Å². The first kappa shape index (κ1) is 31.2. The van der Waals surface area contributed by atoms with Gasteiger partial charge in [0.2, 0.25) is 0 Å². The van der Waals surface area contributed by atoms with Gasteiger partial charge >= 0.3 is 12.4 Å². The molecule has 1 atom stereocenters. The lowest BCUT2D eigenvalue weighted by Crippen LogP contribution is -2.43. The van der Waals surface area contributed by atoms with Gasteiger partial charge in [-0.1, -0.05) is 13.8 Å². The van der Waals surface area contributed by atoms with Gasteiger partial charge in [0.1, 0.15) is 28.5 Å². The third kappa shape index (κ3) is 9.39. The molecule has 0 fully saturated rings. The van der Waals surface area contributed by atoms with Gasteiger partial charge in [-0.25, -0.2) is 19.9 Å². The lowest BCUT2D eigenvalue weighted by molar-refractivity contribution is -0.143. The normalized spacial score (nSPS) is 13.5. The Morgan fingerprint density at radius 3 is 2.05 bits per heavy atom. The van der Waals surface area contributed by atoms with E-state index >= 15 is 0 Å². The van der Waals surface area contributed by atoms with E-state index in [0.717, 1.165) is 6.07 Å². The molecule has 0 aliphatic heterocycles. The first-order valence-electron chi connectivity index (χ1n) is 11.1. The fourth-order valence-electron chi connectivity index (χ4n) is 3.38. The minimum Gasteiger partial charge on any atom is -0.506 e. The van der Waals surface area contributed by atoms with Gasteiger partial charge in [0.25, 0.3) is 0 Å². The van der Waals surface area contributed by atoms with Crippen LogP contribution in [-0.4, -0.2) is 37.2 Å². The molecule has 0 amide bonds. The predicted molar refractivity (Wildman–Crippen MR) is 131 cm³/mol. The Hall–Kier alpha value is -3.00. The van der Waals surface area contributed by atoms with Crippen LogP contribution in [0.1, 0.15) is 44.4 Å². The quantitative estimate of drug-likeness (QED) is 0.240. The van der Waals surface area contributed by atoms with Crippen LogP contribution in [0.2, 0.25) is 0 Å². The van der Waals surface area contributed by atoms with Crippen LogP contribution < -0.4 is 10.5 Å². The van der Waals surface area contributed by atoms with E-state index in [4.69, 9.17) is 15.6 Å². The zero-order valence-corrected chi connectivity index (χ0v) is 22.4. The summed E-state index contributed by atoms with van der Waals surface area (Å²) in [5.41, 5.74) is 3.43. The highest BCUT2D eigenvalue weighted by atomic mass is 79.9. The van der Waals surface area contributed by atoms with Gasteiger partial charge in [-0.2, -0.15) is 26.3 Å². The van der Waals surface area contributed by atoms with Crippen LogP contribution in [0.5, 0.6) is 11.5 Å². The van der Waals surface area contributed by atoms with Crippen molar-refractivity contribution in [1.29, 1.82) is 0 Å². The Morgan fingerprint density at radius 2 is 1.53 bits per heavy atom. The van der Waals surface area contributed by atoms with Crippen molar-refractivity contribution in [2.75, 3.05) is 6.61 Å². The highest BCUT2D eigenvalue weighted by Crippen LogP contribution is 2.37. The van der Waals surface area contributed by atoms with E-state index in [2.05, 4.69) is 35.9 Å². The number of aryl methyl sites for hydroxylation is 1. The number of ether oxygens (including phenoxy) is 1. The summed E-state index contributed by atoms with van der Waals surface area (Å²) >= 11 is 2.77. The van der Waals surface area contributed by atoms with Crippen molar-refractivity contribution < 1.29 is 36.2 Å². The number of nitrogens with zero attached hydrogens (tertiary/aromatic N) is 4. The highest BCUT2D eigenvalue weighted by Gasteiger charge is 2.38.